The highest BCUT2D eigenvalue weighted by atomic mass is 35.5. The van der Waals surface area contributed by atoms with Crippen LogP contribution in [0.4, 0.5) is 0 Å². The van der Waals surface area contributed by atoms with Crippen LogP contribution in [0.25, 0.3) is 0 Å². The highest BCUT2D eigenvalue weighted by Gasteiger charge is 2.11. The van der Waals surface area contributed by atoms with E-state index in [1.54, 1.807) is 32.4 Å². The van der Waals surface area contributed by atoms with Crippen LogP contribution in [0.15, 0.2) is 29.4 Å². The zero-order valence-corrected chi connectivity index (χ0v) is 10.3. The zero-order valence-electron chi connectivity index (χ0n) is 7.84. The third kappa shape index (κ3) is 3.42. The quantitative estimate of drug-likeness (QED) is 0.879. The first-order valence-electron chi connectivity index (χ1n) is 3.41. The number of hydrogen-bond donors (Lipinski definition) is 1. The Labute approximate surface area is 96.7 Å². The van der Waals surface area contributed by atoms with Gasteiger partial charge < -0.3 is 0 Å². The molecule has 0 aromatic carbocycles. The van der Waals surface area contributed by atoms with Gasteiger partial charge in [-0.3, -0.25) is 4.98 Å². The van der Waals surface area contributed by atoms with E-state index in [0.717, 1.165) is 0 Å². The average Bonchev–Trinajstić information content (AvgIpc) is 2.06. The summed E-state index contributed by atoms with van der Waals surface area (Å²) in [6.07, 6.45) is 3.05. The summed E-state index contributed by atoms with van der Waals surface area (Å²) in [5.41, 5.74) is 0. The number of nitrogens with one attached hydrogen (secondary N) is 1. The molecule has 0 aliphatic heterocycles. The Bertz CT molecular complexity index is 352. The number of aromatic nitrogens is 1. The molecular weight excluding hydrogens is 245 g/mol. The Morgan fingerprint density at radius 1 is 1.43 bits per heavy atom. The Morgan fingerprint density at radius 3 is 2.36 bits per heavy atom. The minimum absolute atomic E-state index is 0. The lowest BCUT2D eigenvalue weighted by Gasteiger charge is -2.13. The summed E-state index contributed by atoms with van der Waals surface area (Å²) in [7, 11) is 0.421. The Balaban J connectivity index is 0. The van der Waals surface area contributed by atoms with E-state index in [0.29, 0.717) is 4.90 Å². The van der Waals surface area contributed by atoms with Crippen LogP contribution < -0.4 is 0 Å². The lowest BCUT2D eigenvalue weighted by atomic mass is 10.5. The molecule has 0 fully saturated rings. The monoisotopic (exact) mass is 257 g/mol. The van der Waals surface area contributed by atoms with Crippen LogP contribution in [0.3, 0.4) is 0 Å². The second-order valence-electron chi connectivity index (χ2n) is 2.53. The molecule has 0 amide bonds. The van der Waals surface area contributed by atoms with Gasteiger partial charge in [-0.1, -0.05) is 0 Å². The van der Waals surface area contributed by atoms with E-state index >= 15 is 0 Å². The van der Waals surface area contributed by atoms with Crippen LogP contribution in [0.5, 0.6) is 0 Å². The van der Waals surface area contributed by atoms with Crippen LogP contribution in [0.1, 0.15) is 0 Å². The Hall–Kier alpha value is -0.360. The maximum absolute atomic E-state index is 11.6. The molecule has 14 heavy (non-hydrogen) atoms. The van der Waals surface area contributed by atoms with E-state index in [1.165, 1.54) is 10.5 Å². The molecule has 1 rings (SSSR count). The zero-order chi connectivity index (χ0) is 9.19. The Morgan fingerprint density at radius 2 is 2.00 bits per heavy atom. The summed E-state index contributed by atoms with van der Waals surface area (Å²) < 4.78 is 20.6. The van der Waals surface area contributed by atoms with Crippen molar-refractivity contribution in [2.45, 2.75) is 4.90 Å². The standard InChI is InChI=1S/C7H11N3OS.2ClH/c1-10(2)12(8,11)7-4-3-5-9-6-7;;/h3-6,8H,1-2H3;2*1H. The molecular formula is C7H13Cl2N3OS. The molecule has 0 bridgehead atoms. The van der Waals surface area contributed by atoms with Crippen molar-refractivity contribution in [1.82, 2.24) is 9.29 Å². The number of halogens is 2. The molecule has 1 aromatic rings. The van der Waals surface area contributed by atoms with Crippen LogP contribution >= 0.6 is 24.8 Å². The molecule has 1 heterocycles. The highest BCUT2D eigenvalue weighted by molar-refractivity contribution is 7.90. The molecule has 0 spiro atoms. The van der Waals surface area contributed by atoms with E-state index in [9.17, 15) is 4.21 Å². The van der Waals surface area contributed by atoms with Gasteiger partial charge in [0.15, 0.2) is 0 Å². The number of rotatable bonds is 2. The van der Waals surface area contributed by atoms with Crippen molar-refractivity contribution < 1.29 is 4.21 Å². The molecule has 0 saturated carbocycles. The second-order valence-corrected chi connectivity index (χ2v) is 4.78. The van der Waals surface area contributed by atoms with E-state index in [4.69, 9.17) is 4.78 Å². The minimum atomic E-state index is -2.81. The Kier molecular flexibility index (Phi) is 7.11. The molecule has 0 aliphatic rings. The average molecular weight is 258 g/mol. The van der Waals surface area contributed by atoms with Gasteiger partial charge >= 0.3 is 0 Å². The van der Waals surface area contributed by atoms with E-state index in [1.807, 2.05) is 0 Å². The van der Waals surface area contributed by atoms with Gasteiger partial charge in [0.2, 0.25) is 0 Å². The van der Waals surface area contributed by atoms with E-state index in [-0.39, 0.29) is 24.8 Å². The molecule has 0 radical (unpaired) electrons. The molecule has 1 N–H and O–H groups in total. The maximum Gasteiger partial charge on any atom is 0.138 e. The van der Waals surface area contributed by atoms with Crippen molar-refractivity contribution in [2.75, 3.05) is 14.1 Å². The predicted octanol–water partition coefficient (Wildman–Crippen LogP) is 1.81. The van der Waals surface area contributed by atoms with Crippen LogP contribution in [0.2, 0.25) is 0 Å². The summed E-state index contributed by atoms with van der Waals surface area (Å²) >= 11 is 0. The summed E-state index contributed by atoms with van der Waals surface area (Å²) in [5.74, 6) is 0. The SMILES string of the molecule is CN(C)S(=N)(=O)c1cccnc1.Cl.Cl. The van der Waals surface area contributed by atoms with Crippen molar-refractivity contribution in [3.8, 4) is 0 Å². The molecule has 1 atom stereocenters. The van der Waals surface area contributed by atoms with E-state index in [2.05, 4.69) is 4.98 Å². The highest BCUT2D eigenvalue weighted by Crippen LogP contribution is 2.10. The summed E-state index contributed by atoms with van der Waals surface area (Å²) in [6.45, 7) is 0. The fraction of sp³-hybridized carbons (Fsp3) is 0.286. The van der Waals surface area contributed by atoms with Crippen LogP contribution in [0, 0.1) is 4.78 Å². The van der Waals surface area contributed by atoms with Gasteiger partial charge in [0.1, 0.15) is 9.92 Å². The molecule has 0 saturated heterocycles. The number of nitrogens with zero attached hydrogens (tertiary/aromatic N) is 2. The van der Waals surface area contributed by atoms with Gasteiger partial charge in [-0.15, -0.1) is 24.8 Å². The molecule has 82 valence electrons. The van der Waals surface area contributed by atoms with Gasteiger partial charge in [0.25, 0.3) is 0 Å². The molecule has 7 heteroatoms. The third-order valence-corrected chi connectivity index (χ3v) is 3.38. The largest absolute Gasteiger partial charge is 0.263 e. The van der Waals surface area contributed by atoms with Gasteiger partial charge in [0, 0.05) is 26.5 Å². The molecule has 1 aromatic heterocycles. The summed E-state index contributed by atoms with van der Waals surface area (Å²) in [5, 5.41) is 0. The van der Waals surface area contributed by atoms with Crippen molar-refractivity contribution in [3.05, 3.63) is 24.5 Å². The summed E-state index contributed by atoms with van der Waals surface area (Å²) in [4.78, 5) is 4.25. The second kappa shape index (κ2) is 6.19. The lowest BCUT2D eigenvalue weighted by Crippen LogP contribution is -2.20. The van der Waals surface area contributed by atoms with Gasteiger partial charge in [-0.05, 0) is 12.1 Å². The first-order chi connectivity index (χ1) is 5.55. The number of pyridine rings is 1. The third-order valence-electron chi connectivity index (χ3n) is 1.47. The minimum Gasteiger partial charge on any atom is -0.263 e. The van der Waals surface area contributed by atoms with E-state index < -0.39 is 9.92 Å². The van der Waals surface area contributed by atoms with Gasteiger partial charge in [0.05, 0.1) is 4.90 Å². The topological polar surface area (TPSA) is 57.1 Å². The predicted molar refractivity (Wildman–Crippen MR) is 61.5 cm³/mol. The normalized spacial score (nSPS) is 13.6. The number of hydrogen-bond acceptors (Lipinski definition) is 3. The fourth-order valence-corrected chi connectivity index (χ4v) is 1.61. The van der Waals surface area contributed by atoms with Crippen molar-refractivity contribution in [2.24, 2.45) is 0 Å². The molecule has 1 unspecified atom stereocenters. The fourth-order valence-electron chi connectivity index (χ4n) is 0.722. The summed E-state index contributed by atoms with van der Waals surface area (Å²) in [6, 6.07) is 3.31. The molecule has 0 aliphatic carbocycles. The van der Waals surface area contributed by atoms with Crippen molar-refractivity contribution >= 4 is 34.7 Å². The maximum atomic E-state index is 11.6. The van der Waals surface area contributed by atoms with Gasteiger partial charge in [-0.25, -0.2) is 13.3 Å². The lowest BCUT2D eigenvalue weighted by molar-refractivity contribution is 0.588. The first kappa shape index (κ1) is 16.1. The van der Waals surface area contributed by atoms with Crippen LogP contribution in [-0.4, -0.2) is 27.6 Å². The first-order valence-corrected chi connectivity index (χ1v) is 4.93. The molecule has 4 nitrogen and oxygen atoms in total. The van der Waals surface area contributed by atoms with Gasteiger partial charge in [-0.2, -0.15) is 0 Å². The smallest absolute Gasteiger partial charge is 0.138 e. The van der Waals surface area contributed by atoms with Crippen molar-refractivity contribution in [1.29, 1.82) is 4.78 Å². The van der Waals surface area contributed by atoms with Crippen LogP contribution in [-0.2, 0) is 9.92 Å². The van der Waals surface area contributed by atoms with Crippen molar-refractivity contribution in [3.63, 3.8) is 0 Å².